The summed E-state index contributed by atoms with van der Waals surface area (Å²) in [5.74, 6) is -1.45. The smallest absolute Gasteiger partial charge is 0.340 e. The number of nitrogens with one attached hydrogen (secondary N) is 1. The molecule has 1 aromatic heterocycles. The number of carboxylic acid groups (broad SMARTS) is 1. The number of carbonyl (C=O) groups excluding carboxylic acids is 1. The molecule has 0 aliphatic heterocycles. The van der Waals surface area contributed by atoms with Crippen LogP contribution in [0.5, 0.6) is 5.75 Å². The largest absolute Gasteiger partial charge is 0.495 e. The molecule has 0 saturated heterocycles. The van der Waals surface area contributed by atoms with Gasteiger partial charge in [0.2, 0.25) is 5.91 Å². The van der Waals surface area contributed by atoms with Gasteiger partial charge in [-0.1, -0.05) is 35.3 Å². The molecule has 9 heteroatoms. The Bertz CT molecular complexity index is 1200. The lowest BCUT2D eigenvalue weighted by atomic mass is 10.0. The molecule has 0 unspecified atom stereocenters. The number of benzene rings is 2. The standard InChI is InChI=1S/C22H19Cl2NO6/c1-11-14-8-16(24)19(30-2)10-18(14)31-22(29)15(11)9-20(26)25-17(21(27)28)7-12-3-5-13(23)6-4-12/h3-6,8,10,17H,7,9H2,1-2H3,(H,25,26)(H,27,28)/t17-/m0/s1. The van der Waals surface area contributed by atoms with Gasteiger partial charge in [0, 0.05) is 22.9 Å². The predicted octanol–water partition coefficient (Wildman–Crippen LogP) is 3.77. The van der Waals surface area contributed by atoms with Gasteiger partial charge in [-0.05, 0) is 36.2 Å². The fourth-order valence-corrected chi connectivity index (χ4v) is 3.58. The second-order valence-corrected chi connectivity index (χ2v) is 7.79. The highest BCUT2D eigenvalue weighted by molar-refractivity contribution is 6.32. The number of amides is 1. The highest BCUT2D eigenvalue weighted by Crippen LogP contribution is 2.31. The van der Waals surface area contributed by atoms with Gasteiger partial charge in [-0.3, -0.25) is 4.79 Å². The first-order valence-corrected chi connectivity index (χ1v) is 10.0. The minimum atomic E-state index is -1.19. The van der Waals surface area contributed by atoms with Gasteiger partial charge in [-0.25, -0.2) is 9.59 Å². The van der Waals surface area contributed by atoms with E-state index in [9.17, 15) is 19.5 Å². The number of fused-ring (bicyclic) bond motifs is 1. The van der Waals surface area contributed by atoms with Gasteiger partial charge in [0.15, 0.2) is 0 Å². The topological polar surface area (TPSA) is 106 Å². The van der Waals surface area contributed by atoms with Crippen molar-refractivity contribution in [3.63, 3.8) is 0 Å². The molecule has 0 spiro atoms. The number of hydrogen-bond donors (Lipinski definition) is 2. The zero-order chi connectivity index (χ0) is 22.7. The minimum Gasteiger partial charge on any atom is -0.495 e. The number of aliphatic carboxylic acids is 1. The Morgan fingerprint density at radius 1 is 1.19 bits per heavy atom. The molecule has 2 N–H and O–H groups in total. The van der Waals surface area contributed by atoms with Crippen molar-refractivity contribution in [2.45, 2.75) is 25.8 Å². The second kappa shape index (κ2) is 9.41. The van der Waals surface area contributed by atoms with Crippen LogP contribution in [-0.2, 0) is 22.4 Å². The van der Waals surface area contributed by atoms with Crippen LogP contribution in [0.2, 0.25) is 10.0 Å². The molecule has 3 rings (SSSR count). The van der Waals surface area contributed by atoms with Gasteiger partial charge >= 0.3 is 11.6 Å². The maximum absolute atomic E-state index is 12.6. The zero-order valence-electron chi connectivity index (χ0n) is 16.7. The maximum Gasteiger partial charge on any atom is 0.340 e. The van der Waals surface area contributed by atoms with E-state index >= 15 is 0 Å². The number of carbonyl (C=O) groups is 2. The lowest BCUT2D eigenvalue weighted by Crippen LogP contribution is -2.43. The molecule has 0 radical (unpaired) electrons. The second-order valence-electron chi connectivity index (χ2n) is 6.94. The Hall–Kier alpha value is -3.03. The molecular formula is C22H19Cl2NO6. The molecule has 3 aromatic rings. The summed E-state index contributed by atoms with van der Waals surface area (Å²) in [4.78, 5) is 36.6. The van der Waals surface area contributed by atoms with Crippen molar-refractivity contribution in [1.82, 2.24) is 5.32 Å². The first kappa shape index (κ1) is 22.7. The summed E-state index contributed by atoms with van der Waals surface area (Å²) in [6.07, 6.45) is -0.267. The van der Waals surface area contributed by atoms with Crippen molar-refractivity contribution < 1.29 is 23.8 Å². The number of aryl methyl sites for hydroxylation is 1. The molecule has 162 valence electrons. The minimum absolute atomic E-state index is 0.0684. The quantitative estimate of drug-likeness (QED) is 0.516. The van der Waals surface area contributed by atoms with Crippen LogP contribution >= 0.6 is 23.2 Å². The van der Waals surface area contributed by atoms with Crippen LogP contribution in [0.4, 0.5) is 0 Å². The molecule has 0 aliphatic rings. The first-order chi connectivity index (χ1) is 14.7. The fraction of sp³-hybridized carbons (Fsp3) is 0.227. The summed E-state index contributed by atoms with van der Waals surface area (Å²) in [6, 6.07) is 8.58. The highest BCUT2D eigenvalue weighted by Gasteiger charge is 2.23. The molecule has 0 aliphatic carbocycles. The van der Waals surface area contributed by atoms with E-state index in [0.717, 1.165) is 0 Å². The van der Waals surface area contributed by atoms with Crippen LogP contribution in [0.15, 0.2) is 45.6 Å². The van der Waals surface area contributed by atoms with Crippen LogP contribution in [0.3, 0.4) is 0 Å². The summed E-state index contributed by atoms with van der Waals surface area (Å²) >= 11 is 12.0. The van der Waals surface area contributed by atoms with Crippen molar-refractivity contribution in [3.8, 4) is 5.75 Å². The van der Waals surface area contributed by atoms with Crippen LogP contribution in [0.25, 0.3) is 11.0 Å². The summed E-state index contributed by atoms with van der Waals surface area (Å²) in [6.45, 7) is 1.67. The normalized spacial score (nSPS) is 11.9. The van der Waals surface area contributed by atoms with Crippen LogP contribution in [0, 0.1) is 6.92 Å². The van der Waals surface area contributed by atoms with E-state index in [1.165, 1.54) is 13.2 Å². The van der Waals surface area contributed by atoms with Crippen molar-refractivity contribution >= 4 is 46.0 Å². The molecule has 7 nitrogen and oxygen atoms in total. The fourth-order valence-electron chi connectivity index (χ4n) is 3.21. The molecule has 1 atom stereocenters. The highest BCUT2D eigenvalue weighted by atomic mass is 35.5. The summed E-state index contributed by atoms with van der Waals surface area (Å²) in [5.41, 5.74) is 0.938. The van der Waals surface area contributed by atoms with Crippen LogP contribution < -0.4 is 15.7 Å². The first-order valence-electron chi connectivity index (χ1n) is 9.26. The van der Waals surface area contributed by atoms with Crippen molar-refractivity contribution in [1.29, 1.82) is 0 Å². The third-order valence-corrected chi connectivity index (χ3v) is 5.43. The molecule has 0 bridgehead atoms. The van der Waals surface area contributed by atoms with Crippen molar-refractivity contribution in [2.24, 2.45) is 0 Å². The summed E-state index contributed by atoms with van der Waals surface area (Å²) in [7, 11) is 1.44. The van der Waals surface area contributed by atoms with Gasteiger partial charge in [0.1, 0.15) is 17.4 Å². The van der Waals surface area contributed by atoms with E-state index in [2.05, 4.69) is 5.32 Å². The molecule has 1 heterocycles. The third kappa shape index (κ3) is 5.18. The number of hydrogen-bond acceptors (Lipinski definition) is 5. The number of halogens is 2. The Labute approximate surface area is 187 Å². The van der Waals surface area contributed by atoms with E-state index in [1.54, 1.807) is 37.3 Å². The molecule has 31 heavy (non-hydrogen) atoms. The lowest BCUT2D eigenvalue weighted by Gasteiger charge is -2.15. The molecule has 0 fully saturated rings. The average Bonchev–Trinajstić information content (AvgIpc) is 2.72. The van der Waals surface area contributed by atoms with E-state index in [-0.39, 0.29) is 24.0 Å². The third-order valence-electron chi connectivity index (χ3n) is 4.88. The Morgan fingerprint density at radius 2 is 1.87 bits per heavy atom. The molecular weight excluding hydrogens is 445 g/mol. The summed E-state index contributed by atoms with van der Waals surface area (Å²) in [5, 5.41) is 13.4. The van der Waals surface area contributed by atoms with Gasteiger partial charge in [-0.2, -0.15) is 0 Å². The van der Waals surface area contributed by atoms with Crippen LogP contribution in [-0.4, -0.2) is 30.1 Å². The number of ether oxygens (including phenoxy) is 1. The number of methoxy groups -OCH3 is 1. The Morgan fingerprint density at radius 3 is 2.48 bits per heavy atom. The Balaban J connectivity index is 1.83. The van der Waals surface area contributed by atoms with E-state index in [4.69, 9.17) is 32.4 Å². The van der Waals surface area contributed by atoms with E-state index in [0.29, 0.717) is 32.3 Å². The lowest BCUT2D eigenvalue weighted by molar-refractivity contribution is -0.141. The molecule has 1 amide bonds. The number of carboxylic acids is 1. The van der Waals surface area contributed by atoms with Gasteiger partial charge in [-0.15, -0.1) is 0 Å². The van der Waals surface area contributed by atoms with Crippen molar-refractivity contribution in [3.05, 3.63) is 73.6 Å². The van der Waals surface area contributed by atoms with E-state index < -0.39 is 23.5 Å². The molecule has 0 saturated carbocycles. The van der Waals surface area contributed by atoms with Crippen molar-refractivity contribution in [2.75, 3.05) is 7.11 Å². The predicted molar refractivity (Wildman–Crippen MR) is 117 cm³/mol. The zero-order valence-corrected chi connectivity index (χ0v) is 18.2. The van der Waals surface area contributed by atoms with Gasteiger partial charge < -0.3 is 19.6 Å². The maximum atomic E-state index is 12.6. The van der Waals surface area contributed by atoms with Gasteiger partial charge in [0.05, 0.1) is 24.1 Å². The van der Waals surface area contributed by atoms with Crippen LogP contribution in [0.1, 0.15) is 16.7 Å². The SMILES string of the molecule is COc1cc2oc(=O)c(CC(=O)N[C@@H](Cc3ccc(Cl)cc3)C(=O)O)c(C)c2cc1Cl. The number of rotatable bonds is 7. The summed E-state index contributed by atoms with van der Waals surface area (Å²) < 4.78 is 10.5. The van der Waals surface area contributed by atoms with E-state index in [1.807, 2.05) is 0 Å². The monoisotopic (exact) mass is 463 g/mol. The Kier molecular flexibility index (Phi) is 6.87. The van der Waals surface area contributed by atoms with Gasteiger partial charge in [0.25, 0.3) is 0 Å². The average molecular weight is 464 g/mol. The molecule has 2 aromatic carbocycles.